The fourth-order valence-corrected chi connectivity index (χ4v) is 3.89. The van der Waals surface area contributed by atoms with Gasteiger partial charge in [-0.1, -0.05) is 64.2 Å². The lowest BCUT2D eigenvalue weighted by molar-refractivity contribution is -0.111. The summed E-state index contributed by atoms with van der Waals surface area (Å²) in [5.74, 6) is 0.281. The van der Waals surface area contributed by atoms with E-state index in [9.17, 15) is 4.79 Å². The standard InChI is InChI=1S/C20H36Cl2O2/c21-16-20(22)18(17-23)12-8-5-3-1-2-4-6-11-15-24-19-13-9-7-10-14-19/h17-20H,1-16H2. The average Bonchev–Trinajstić information content (AvgIpc) is 2.63. The summed E-state index contributed by atoms with van der Waals surface area (Å²) < 4.78 is 5.96. The van der Waals surface area contributed by atoms with Crippen molar-refractivity contribution < 1.29 is 9.53 Å². The van der Waals surface area contributed by atoms with Crippen molar-refractivity contribution >= 4 is 29.5 Å². The first-order valence-corrected chi connectivity index (χ1v) is 11.0. The number of unbranched alkanes of at least 4 members (excludes halogenated alkanes) is 7. The minimum atomic E-state index is -0.208. The first-order valence-electron chi connectivity index (χ1n) is 10.0. The molecular formula is C20H36Cl2O2. The maximum absolute atomic E-state index is 10.9. The third-order valence-electron chi connectivity index (χ3n) is 5.12. The molecule has 2 unspecified atom stereocenters. The molecule has 24 heavy (non-hydrogen) atoms. The predicted octanol–water partition coefficient (Wildman–Crippen LogP) is 6.51. The van der Waals surface area contributed by atoms with Crippen LogP contribution in [0.3, 0.4) is 0 Å². The zero-order chi connectivity index (χ0) is 17.5. The van der Waals surface area contributed by atoms with E-state index in [1.807, 2.05) is 0 Å². The summed E-state index contributed by atoms with van der Waals surface area (Å²) in [7, 11) is 0. The number of halogens is 2. The highest BCUT2D eigenvalue weighted by Crippen LogP contribution is 2.21. The molecule has 0 bridgehead atoms. The number of carbonyl (C=O) groups is 1. The molecule has 0 spiro atoms. The van der Waals surface area contributed by atoms with Gasteiger partial charge in [-0.2, -0.15) is 0 Å². The highest BCUT2D eigenvalue weighted by atomic mass is 35.5. The topological polar surface area (TPSA) is 26.3 Å². The van der Waals surface area contributed by atoms with Crippen molar-refractivity contribution in [1.29, 1.82) is 0 Å². The van der Waals surface area contributed by atoms with Gasteiger partial charge in [-0.05, 0) is 25.7 Å². The molecule has 0 aromatic rings. The van der Waals surface area contributed by atoms with E-state index in [2.05, 4.69) is 0 Å². The molecule has 0 aliphatic heterocycles. The van der Waals surface area contributed by atoms with Crippen LogP contribution in [0.1, 0.15) is 89.9 Å². The Morgan fingerprint density at radius 3 is 2.08 bits per heavy atom. The van der Waals surface area contributed by atoms with Gasteiger partial charge in [0, 0.05) is 18.4 Å². The maximum atomic E-state index is 10.9. The summed E-state index contributed by atoms with van der Waals surface area (Å²) in [4.78, 5) is 10.9. The molecule has 142 valence electrons. The van der Waals surface area contributed by atoms with Gasteiger partial charge in [0.15, 0.2) is 0 Å². The van der Waals surface area contributed by atoms with E-state index in [0.29, 0.717) is 12.0 Å². The Bertz CT molecular complexity index is 293. The molecule has 4 heteroatoms. The Hall–Kier alpha value is 0.210. The molecule has 0 saturated heterocycles. The third kappa shape index (κ3) is 10.9. The molecular weight excluding hydrogens is 343 g/mol. The van der Waals surface area contributed by atoms with E-state index < -0.39 is 0 Å². The maximum Gasteiger partial charge on any atom is 0.124 e. The second-order valence-corrected chi connectivity index (χ2v) is 8.09. The largest absolute Gasteiger partial charge is 0.378 e. The van der Waals surface area contributed by atoms with Crippen LogP contribution in [0.5, 0.6) is 0 Å². The molecule has 0 radical (unpaired) electrons. The van der Waals surface area contributed by atoms with Gasteiger partial charge >= 0.3 is 0 Å². The van der Waals surface area contributed by atoms with Gasteiger partial charge in [0.25, 0.3) is 0 Å². The van der Waals surface area contributed by atoms with Crippen LogP contribution >= 0.6 is 23.2 Å². The molecule has 1 fully saturated rings. The van der Waals surface area contributed by atoms with Gasteiger partial charge in [-0.25, -0.2) is 0 Å². The second kappa shape index (κ2) is 15.5. The van der Waals surface area contributed by atoms with Crippen LogP contribution in [-0.4, -0.2) is 30.3 Å². The molecule has 1 aliphatic rings. The van der Waals surface area contributed by atoms with Gasteiger partial charge in [0.1, 0.15) is 6.29 Å². The lowest BCUT2D eigenvalue weighted by Crippen LogP contribution is -2.17. The number of aldehydes is 1. The molecule has 0 aromatic carbocycles. The number of rotatable bonds is 15. The molecule has 0 amide bonds. The van der Waals surface area contributed by atoms with Crippen LogP contribution < -0.4 is 0 Å². The Morgan fingerprint density at radius 1 is 0.917 bits per heavy atom. The highest BCUT2D eigenvalue weighted by Gasteiger charge is 2.17. The van der Waals surface area contributed by atoms with E-state index in [-0.39, 0.29) is 11.3 Å². The summed E-state index contributed by atoms with van der Waals surface area (Å²) in [6, 6.07) is 0. The van der Waals surface area contributed by atoms with E-state index >= 15 is 0 Å². The van der Waals surface area contributed by atoms with Gasteiger partial charge in [-0.15, -0.1) is 23.2 Å². The molecule has 0 N–H and O–H groups in total. The van der Waals surface area contributed by atoms with Crippen LogP contribution in [0.15, 0.2) is 0 Å². The summed E-state index contributed by atoms with van der Waals surface area (Å²) in [5, 5.41) is -0.208. The number of alkyl halides is 2. The minimum absolute atomic E-state index is 0.0756. The fraction of sp³-hybridized carbons (Fsp3) is 0.950. The minimum Gasteiger partial charge on any atom is -0.378 e. The first-order chi connectivity index (χ1) is 11.8. The van der Waals surface area contributed by atoms with Crippen molar-refractivity contribution in [3.8, 4) is 0 Å². The molecule has 2 nitrogen and oxygen atoms in total. The Balaban J connectivity index is 1.81. The second-order valence-electron chi connectivity index (χ2n) is 7.22. The van der Waals surface area contributed by atoms with E-state index in [4.69, 9.17) is 27.9 Å². The zero-order valence-electron chi connectivity index (χ0n) is 15.2. The normalized spacial score (nSPS) is 18.4. The highest BCUT2D eigenvalue weighted by molar-refractivity contribution is 6.28. The lowest BCUT2D eigenvalue weighted by atomic mass is 9.98. The van der Waals surface area contributed by atoms with Crippen molar-refractivity contribution in [2.45, 2.75) is 101 Å². The third-order valence-corrected chi connectivity index (χ3v) is 6.09. The van der Waals surface area contributed by atoms with E-state index in [0.717, 1.165) is 25.7 Å². The number of ether oxygens (including phenoxy) is 1. The van der Waals surface area contributed by atoms with Crippen molar-refractivity contribution in [2.24, 2.45) is 5.92 Å². The summed E-state index contributed by atoms with van der Waals surface area (Å²) in [6.07, 6.45) is 19.1. The summed E-state index contributed by atoms with van der Waals surface area (Å²) >= 11 is 11.7. The molecule has 1 saturated carbocycles. The van der Waals surface area contributed by atoms with Gasteiger partial charge in [0.2, 0.25) is 0 Å². The molecule has 1 rings (SSSR count). The van der Waals surface area contributed by atoms with Crippen LogP contribution in [0.2, 0.25) is 0 Å². The van der Waals surface area contributed by atoms with Crippen LogP contribution in [0.4, 0.5) is 0 Å². The Kier molecular flexibility index (Phi) is 14.3. The number of carbonyl (C=O) groups excluding carboxylic acids is 1. The SMILES string of the molecule is O=CC(CCCCCCCCCCOC1CCCCC1)C(Cl)CCl. The van der Waals surface area contributed by atoms with E-state index in [1.165, 1.54) is 77.0 Å². The van der Waals surface area contributed by atoms with Crippen molar-refractivity contribution in [3.05, 3.63) is 0 Å². The van der Waals surface area contributed by atoms with Crippen LogP contribution in [0.25, 0.3) is 0 Å². The Labute approximate surface area is 159 Å². The number of hydrogen-bond donors (Lipinski definition) is 0. The zero-order valence-corrected chi connectivity index (χ0v) is 16.7. The lowest BCUT2D eigenvalue weighted by Gasteiger charge is -2.21. The van der Waals surface area contributed by atoms with Crippen molar-refractivity contribution in [2.75, 3.05) is 12.5 Å². The van der Waals surface area contributed by atoms with Gasteiger partial charge in [-0.3, -0.25) is 0 Å². The molecule has 2 atom stereocenters. The van der Waals surface area contributed by atoms with Crippen molar-refractivity contribution in [3.63, 3.8) is 0 Å². The smallest absolute Gasteiger partial charge is 0.124 e. The van der Waals surface area contributed by atoms with Gasteiger partial charge in [0.05, 0.1) is 11.5 Å². The first kappa shape index (κ1) is 22.3. The average molecular weight is 379 g/mol. The van der Waals surface area contributed by atoms with Crippen LogP contribution in [-0.2, 0) is 9.53 Å². The monoisotopic (exact) mass is 378 g/mol. The summed E-state index contributed by atoms with van der Waals surface area (Å²) in [6.45, 7) is 0.956. The van der Waals surface area contributed by atoms with E-state index in [1.54, 1.807) is 0 Å². The molecule has 0 aromatic heterocycles. The summed E-state index contributed by atoms with van der Waals surface area (Å²) in [5.41, 5.74) is 0. The van der Waals surface area contributed by atoms with Crippen LogP contribution in [0, 0.1) is 5.92 Å². The molecule has 1 aliphatic carbocycles. The Morgan fingerprint density at radius 2 is 1.50 bits per heavy atom. The fourth-order valence-electron chi connectivity index (χ4n) is 3.47. The predicted molar refractivity (Wildman–Crippen MR) is 104 cm³/mol. The molecule has 0 heterocycles. The van der Waals surface area contributed by atoms with Gasteiger partial charge < -0.3 is 9.53 Å². The number of hydrogen-bond acceptors (Lipinski definition) is 2. The van der Waals surface area contributed by atoms with Crippen molar-refractivity contribution in [1.82, 2.24) is 0 Å². The quantitative estimate of drug-likeness (QED) is 0.184.